The number of aliphatic imine (C=N–C) groups is 1. The molecule has 7 N–H and O–H groups in total. The van der Waals surface area contributed by atoms with Crippen LogP contribution in [0.4, 0.5) is 5.69 Å². The number of aryl methyl sites for hydroxylation is 1. The average molecular weight is 356 g/mol. The first-order chi connectivity index (χ1) is 10.9. The average Bonchev–Trinajstić information content (AvgIpc) is 3.04. The maximum absolute atomic E-state index is 12.1. The smallest absolute Gasteiger partial charge is 0.267 e. The van der Waals surface area contributed by atoms with Gasteiger partial charge in [-0.1, -0.05) is 0 Å². The third-order valence-electron chi connectivity index (χ3n) is 3.48. The van der Waals surface area contributed by atoms with Gasteiger partial charge in [-0.3, -0.25) is 20.0 Å². The van der Waals surface area contributed by atoms with Crippen LogP contribution in [-0.4, -0.2) is 40.6 Å². The van der Waals surface area contributed by atoms with Crippen LogP contribution in [0, 0.1) is 5.41 Å². The van der Waals surface area contributed by atoms with Crippen molar-refractivity contribution in [1.82, 2.24) is 9.88 Å². The minimum Gasteiger partial charge on any atom is -0.388 e. The molecule has 1 atom stereocenters. The lowest BCUT2D eigenvalue weighted by molar-refractivity contribution is -0.117. The first kappa shape index (κ1) is 19.5. The SMILES string of the molecule is Cl.Cn1cc(NC(=O)[C@@H]2CCC(N)=N2)cc1C(=O)NCCC(=N)N. The number of nitrogens with two attached hydrogens (primary N) is 2. The van der Waals surface area contributed by atoms with Crippen molar-refractivity contribution >= 4 is 41.6 Å². The zero-order valence-corrected chi connectivity index (χ0v) is 14.2. The maximum atomic E-state index is 12.1. The molecule has 1 aliphatic rings. The molecule has 0 spiro atoms. The van der Waals surface area contributed by atoms with Crippen molar-refractivity contribution in [3.05, 3.63) is 18.0 Å². The molecule has 1 aromatic heterocycles. The quantitative estimate of drug-likeness (QED) is 0.359. The standard InChI is InChI=1S/C14H21N7O2.ClH/c1-21-7-8(19-13(22)9-2-3-12(17)20-9)6-10(21)14(23)18-5-4-11(15)16;/h6-7,9H,2-5H2,1H3,(H3,15,16)(H2,17,20)(H,18,23)(H,19,22);1H/t9-;/m0./s1. The Hall–Kier alpha value is -2.55. The first-order valence-corrected chi connectivity index (χ1v) is 7.27. The minimum absolute atomic E-state index is 0. The highest BCUT2D eigenvalue weighted by Gasteiger charge is 2.23. The summed E-state index contributed by atoms with van der Waals surface area (Å²) in [5.41, 5.74) is 11.7. The number of hydrogen-bond donors (Lipinski definition) is 5. The van der Waals surface area contributed by atoms with E-state index in [1.165, 1.54) is 0 Å². The van der Waals surface area contributed by atoms with Crippen LogP contribution in [0.2, 0.25) is 0 Å². The van der Waals surface area contributed by atoms with Gasteiger partial charge in [0.2, 0.25) is 5.91 Å². The molecule has 1 aromatic rings. The lowest BCUT2D eigenvalue weighted by Gasteiger charge is -2.06. The summed E-state index contributed by atoms with van der Waals surface area (Å²) in [6, 6.07) is 1.12. The first-order valence-electron chi connectivity index (χ1n) is 7.27. The fourth-order valence-electron chi connectivity index (χ4n) is 2.29. The van der Waals surface area contributed by atoms with Crippen molar-refractivity contribution in [2.45, 2.75) is 25.3 Å². The number of halogens is 1. The van der Waals surface area contributed by atoms with Crippen molar-refractivity contribution in [2.75, 3.05) is 11.9 Å². The predicted octanol–water partition coefficient (Wildman–Crippen LogP) is -0.0391. The van der Waals surface area contributed by atoms with E-state index in [0.717, 1.165) is 0 Å². The van der Waals surface area contributed by atoms with E-state index >= 15 is 0 Å². The third kappa shape index (κ3) is 4.98. The molecule has 132 valence electrons. The molecule has 2 heterocycles. The minimum atomic E-state index is -0.469. The van der Waals surface area contributed by atoms with Crippen LogP contribution >= 0.6 is 12.4 Å². The monoisotopic (exact) mass is 355 g/mol. The Bertz CT molecular complexity index is 668. The van der Waals surface area contributed by atoms with Gasteiger partial charge >= 0.3 is 0 Å². The van der Waals surface area contributed by atoms with E-state index in [1.54, 1.807) is 23.9 Å². The summed E-state index contributed by atoms with van der Waals surface area (Å²) in [5.74, 6) is -0.0257. The zero-order chi connectivity index (χ0) is 17.0. The topological polar surface area (TPSA) is 151 Å². The van der Waals surface area contributed by atoms with Gasteiger partial charge in [-0.05, 0) is 12.5 Å². The molecule has 2 amide bonds. The Balaban J connectivity index is 0.00000288. The normalized spacial score (nSPS) is 16.0. The number of anilines is 1. The van der Waals surface area contributed by atoms with E-state index in [4.69, 9.17) is 16.9 Å². The largest absolute Gasteiger partial charge is 0.388 e. The maximum Gasteiger partial charge on any atom is 0.267 e. The van der Waals surface area contributed by atoms with Crippen molar-refractivity contribution in [3.8, 4) is 0 Å². The van der Waals surface area contributed by atoms with E-state index < -0.39 is 6.04 Å². The second-order valence-corrected chi connectivity index (χ2v) is 5.42. The van der Waals surface area contributed by atoms with Gasteiger partial charge in [0.15, 0.2) is 0 Å². The Morgan fingerprint density at radius 3 is 2.79 bits per heavy atom. The van der Waals surface area contributed by atoms with Crippen molar-refractivity contribution in [2.24, 2.45) is 23.5 Å². The molecule has 0 aromatic carbocycles. The van der Waals surface area contributed by atoms with Crippen LogP contribution in [-0.2, 0) is 11.8 Å². The van der Waals surface area contributed by atoms with Crippen molar-refractivity contribution in [1.29, 1.82) is 5.41 Å². The van der Waals surface area contributed by atoms with E-state index in [0.29, 0.717) is 36.5 Å². The molecule has 1 aliphatic heterocycles. The molecule has 0 radical (unpaired) electrons. The van der Waals surface area contributed by atoms with E-state index in [1.807, 2.05) is 0 Å². The van der Waals surface area contributed by atoms with Crippen molar-refractivity contribution < 1.29 is 9.59 Å². The van der Waals surface area contributed by atoms with Gasteiger partial charge in [0, 0.05) is 32.6 Å². The highest BCUT2D eigenvalue weighted by molar-refractivity contribution is 6.00. The third-order valence-corrected chi connectivity index (χ3v) is 3.48. The zero-order valence-electron chi connectivity index (χ0n) is 13.3. The number of amidine groups is 2. The molecule has 9 nitrogen and oxygen atoms in total. The summed E-state index contributed by atoms with van der Waals surface area (Å²) >= 11 is 0. The van der Waals surface area contributed by atoms with Crippen LogP contribution in [0.15, 0.2) is 17.3 Å². The van der Waals surface area contributed by atoms with Crippen LogP contribution < -0.4 is 22.1 Å². The highest BCUT2D eigenvalue weighted by atomic mass is 35.5. The number of hydrogen-bond acceptors (Lipinski definition) is 5. The lowest BCUT2D eigenvalue weighted by atomic mass is 10.2. The number of aromatic nitrogens is 1. The van der Waals surface area contributed by atoms with E-state index in [2.05, 4.69) is 15.6 Å². The van der Waals surface area contributed by atoms with Gasteiger partial charge in [0.25, 0.3) is 5.91 Å². The summed E-state index contributed by atoms with van der Waals surface area (Å²) in [5, 5.41) is 12.5. The summed E-state index contributed by atoms with van der Waals surface area (Å²) in [6.45, 7) is 0.289. The molecule has 0 saturated carbocycles. The number of rotatable bonds is 6. The van der Waals surface area contributed by atoms with Gasteiger partial charge in [0.05, 0.1) is 17.4 Å². The van der Waals surface area contributed by atoms with Gasteiger partial charge in [-0.25, -0.2) is 0 Å². The summed E-state index contributed by atoms with van der Waals surface area (Å²) in [4.78, 5) is 28.2. The van der Waals surface area contributed by atoms with Crippen molar-refractivity contribution in [3.63, 3.8) is 0 Å². The van der Waals surface area contributed by atoms with Crippen LogP contribution in [0.5, 0.6) is 0 Å². The number of nitrogens with one attached hydrogen (secondary N) is 3. The molecule has 24 heavy (non-hydrogen) atoms. The lowest BCUT2D eigenvalue weighted by Crippen LogP contribution is -2.28. The second-order valence-electron chi connectivity index (χ2n) is 5.42. The molecule has 2 rings (SSSR count). The van der Waals surface area contributed by atoms with Crippen LogP contribution in [0.3, 0.4) is 0 Å². The number of carbonyl (C=O) groups excluding carboxylic acids is 2. The fourth-order valence-corrected chi connectivity index (χ4v) is 2.29. The predicted molar refractivity (Wildman–Crippen MR) is 94.8 cm³/mol. The van der Waals surface area contributed by atoms with Crippen LogP contribution in [0.25, 0.3) is 0 Å². The molecule has 10 heteroatoms. The fraction of sp³-hybridized carbons (Fsp3) is 0.429. The Morgan fingerprint density at radius 2 is 2.21 bits per heavy atom. The molecular formula is C14H22ClN7O2. The summed E-state index contributed by atoms with van der Waals surface area (Å²) in [6.07, 6.45) is 3.17. The van der Waals surface area contributed by atoms with Crippen LogP contribution in [0.1, 0.15) is 29.8 Å². The molecule has 0 saturated heterocycles. The summed E-state index contributed by atoms with van der Waals surface area (Å²) in [7, 11) is 1.71. The van der Waals surface area contributed by atoms with Gasteiger partial charge < -0.3 is 26.7 Å². The molecule has 0 unspecified atom stereocenters. The molecule has 0 fully saturated rings. The second kappa shape index (κ2) is 8.34. The number of amides is 2. The van der Waals surface area contributed by atoms with Gasteiger partial charge in [0.1, 0.15) is 11.7 Å². The Kier molecular flexibility index (Phi) is 6.78. The number of nitrogens with zero attached hydrogens (tertiary/aromatic N) is 2. The Labute approximate surface area is 145 Å². The summed E-state index contributed by atoms with van der Waals surface area (Å²) < 4.78 is 1.62. The Morgan fingerprint density at radius 1 is 1.50 bits per heavy atom. The molecule has 0 bridgehead atoms. The molecular weight excluding hydrogens is 334 g/mol. The highest BCUT2D eigenvalue weighted by Crippen LogP contribution is 2.16. The van der Waals surface area contributed by atoms with Gasteiger partial charge in [-0.15, -0.1) is 12.4 Å². The van der Waals surface area contributed by atoms with Gasteiger partial charge in [-0.2, -0.15) is 0 Å². The van der Waals surface area contributed by atoms with E-state index in [-0.39, 0.29) is 36.6 Å². The number of carbonyl (C=O) groups is 2. The molecule has 0 aliphatic carbocycles. The van der Waals surface area contributed by atoms with E-state index in [9.17, 15) is 9.59 Å².